The molecule has 0 bridgehead atoms. The summed E-state index contributed by atoms with van der Waals surface area (Å²) in [5.74, 6) is -0.984. The number of nitrogens with zero attached hydrogens (tertiary/aromatic N) is 2. The second-order valence-corrected chi connectivity index (χ2v) is 7.78. The van der Waals surface area contributed by atoms with E-state index in [1.54, 1.807) is 43.4 Å². The molecule has 7 nitrogen and oxygen atoms in total. The Hall–Kier alpha value is -3.23. The number of carbonyl (C=O) groups excluding carboxylic acids is 2. The molecule has 8 heteroatoms. The highest BCUT2D eigenvalue weighted by Crippen LogP contribution is 2.38. The molecule has 2 amide bonds. The average Bonchev–Trinajstić information content (AvgIpc) is 3.04. The van der Waals surface area contributed by atoms with Gasteiger partial charge >= 0.3 is 0 Å². The van der Waals surface area contributed by atoms with E-state index in [0.717, 1.165) is 4.90 Å². The SMILES string of the molecule is COCCN(CCOC)C1=C(c2ccc(F)cc2)C(=O)N(c2ccccc2OC(C)C)C1=O. The van der Waals surface area contributed by atoms with Crippen molar-refractivity contribution in [1.29, 1.82) is 0 Å². The number of anilines is 1. The highest BCUT2D eigenvalue weighted by molar-refractivity contribution is 6.45. The molecular formula is C25H29FN2O5. The van der Waals surface area contributed by atoms with Gasteiger partial charge in [-0.05, 0) is 43.7 Å². The summed E-state index contributed by atoms with van der Waals surface area (Å²) in [6, 6.07) is 12.5. The lowest BCUT2D eigenvalue weighted by atomic mass is 10.0. The zero-order valence-corrected chi connectivity index (χ0v) is 19.3. The molecule has 2 aromatic rings. The Bertz CT molecular complexity index is 1010. The molecule has 0 saturated carbocycles. The summed E-state index contributed by atoms with van der Waals surface area (Å²) in [5.41, 5.74) is 1.23. The van der Waals surface area contributed by atoms with Gasteiger partial charge < -0.3 is 19.1 Å². The van der Waals surface area contributed by atoms with Crippen LogP contribution in [0.15, 0.2) is 54.2 Å². The van der Waals surface area contributed by atoms with Gasteiger partial charge in [0.2, 0.25) is 0 Å². The van der Waals surface area contributed by atoms with Gasteiger partial charge in [0.25, 0.3) is 11.8 Å². The lowest BCUT2D eigenvalue weighted by Crippen LogP contribution is -2.38. The fraction of sp³-hybridized carbons (Fsp3) is 0.360. The fourth-order valence-electron chi connectivity index (χ4n) is 3.64. The van der Waals surface area contributed by atoms with Gasteiger partial charge in [-0.3, -0.25) is 9.59 Å². The number of methoxy groups -OCH3 is 2. The molecule has 0 unspecified atom stereocenters. The third-order valence-electron chi connectivity index (χ3n) is 5.11. The van der Waals surface area contributed by atoms with Crippen molar-refractivity contribution in [2.75, 3.05) is 45.4 Å². The predicted molar refractivity (Wildman–Crippen MR) is 123 cm³/mol. The van der Waals surface area contributed by atoms with Crippen LogP contribution in [-0.2, 0) is 19.1 Å². The maximum absolute atomic E-state index is 13.8. The topological polar surface area (TPSA) is 68.3 Å². The number of hydrogen-bond donors (Lipinski definition) is 0. The summed E-state index contributed by atoms with van der Waals surface area (Å²) in [5, 5.41) is 0. The maximum atomic E-state index is 13.8. The predicted octanol–water partition coefficient (Wildman–Crippen LogP) is 3.49. The van der Waals surface area contributed by atoms with E-state index < -0.39 is 17.6 Å². The third kappa shape index (κ3) is 5.40. The van der Waals surface area contributed by atoms with Crippen LogP contribution in [-0.4, -0.2) is 63.3 Å². The number of amides is 2. The van der Waals surface area contributed by atoms with Crippen molar-refractivity contribution in [1.82, 2.24) is 4.90 Å². The maximum Gasteiger partial charge on any atom is 0.282 e. The molecule has 1 aliphatic rings. The highest BCUT2D eigenvalue weighted by Gasteiger charge is 2.43. The number of rotatable bonds is 11. The molecule has 0 aromatic heterocycles. The smallest absolute Gasteiger partial charge is 0.282 e. The van der Waals surface area contributed by atoms with Gasteiger partial charge in [-0.25, -0.2) is 9.29 Å². The molecule has 0 atom stereocenters. The Morgan fingerprint density at radius 2 is 1.52 bits per heavy atom. The standard InChI is InChI=1S/C25H29FN2O5/c1-17(2)33-21-8-6-5-7-20(21)28-24(29)22(18-9-11-19(26)12-10-18)23(25(28)30)27(13-15-31-3)14-16-32-4/h5-12,17H,13-16H2,1-4H3. The molecule has 0 radical (unpaired) electrons. The van der Waals surface area contributed by atoms with Crippen molar-refractivity contribution in [3.63, 3.8) is 0 Å². The molecule has 1 heterocycles. The van der Waals surface area contributed by atoms with Crippen molar-refractivity contribution < 1.29 is 28.2 Å². The average molecular weight is 457 g/mol. The minimum Gasteiger partial charge on any atom is -0.489 e. The normalized spacial score (nSPS) is 13.9. The van der Waals surface area contributed by atoms with Crippen LogP contribution in [0.2, 0.25) is 0 Å². The summed E-state index contributed by atoms with van der Waals surface area (Å²) >= 11 is 0. The lowest BCUT2D eigenvalue weighted by Gasteiger charge is -2.26. The second kappa shape index (κ2) is 11.1. The number of hydrogen-bond acceptors (Lipinski definition) is 6. The molecule has 1 aliphatic heterocycles. The summed E-state index contributed by atoms with van der Waals surface area (Å²) in [6.45, 7) is 5.18. The van der Waals surface area contributed by atoms with Gasteiger partial charge in [0, 0.05) is 27.3 Å². The van der Waals surface area contributed by atoms with Crippen LogP contribution in [0.25, 0.3) is 5.57 Å². The minimum absolute atomic E-state index is 0.150. The second-order valence-electron chi connectivity index (χ2n) is 7.78. The monoisotopic (exact) mass is 456 g/mol. The van der Waals surface area contributed by atoms with Gasteiger partial charge in [0.1, 0.15) is 17.3 Å². The van der Waals surface area contributed by atoms with E-state index in [-0.39, 0.29) is 17.4 Å². The molecule has 0 aliphatic carbocycles. The molecule has 2 aromatic carbocycles. The van der Waals surface area contributed by atoms with Gasteiger partial charge in [-0.1, -0.05) is 24.3 Å². The van der Waals surface area contributed by atoms with Crippen LogP contribution in [0.3, 0.4) is 0 Å². The zero-order valence-electron chi connectivity index (χ0n) is 19.3. The number of para-hydroxylation sites is 2. The molecule has 33 heavy (non-hydrogen) atoms. The fourth-order valence-corrected chi connectivity index (χ4v) is 3.64. The Balaban J connectivity index is 2.14. The number of imide groups is 1. The van der Waals surface area contributed by atoms with Crippen LogP contribution in [0.4, 0.5) is 10.1 Å². The van der Waals surface area contributed by atoms with Gasteiger partial charge in [0.15, 0.2) is 0 Å². The molecule has 176 valence electrons. The van der Waals surface area contributed by atoms with E-state index in [1.165, 1.54) is 24.3 Å². The summed E-state index contributed by atoms with van der Waals surface area (Å²) in [4.78, 5) is 30.4. The quantitative estimate of drug-likeness (QED) is 0.482. The van der Waals surface area contributed by atoms with Crippen molar-refractivity contribution in [3.05, 3.63) is 65.6 Å². The van der Waals surface area contributed by atoms with E-state index in [0.29, 0.717) is 43.3 Å². The molecule has 0 fully saturated rings. The first-order chi connectivity index (χ1) is 15.9. The Morgan fingerprint density at radius 1 is 0.909 bits per heavy atom. The van der Waals surface area contributed by atoms with Crippen LogP contribution in [0.5, 0.6) is 5.75 Å². The van der Waals surface area contributed by atoms with Crippen molar-refractivity contribution in [3.8, 4) is 5.75 Å². The van der Waals surface area contributed by atoms with E-state index in [2.05, 4.69) is 0 Å². The third-order valence-corrected chi connectivity index (χ3v) is 5.11. The first kappa shape index (κ1) is 24.4. The Labute approximate surface area is 193 Å². The molecule has 0 N–H and O–H groups in total. The van der Waals surface area contributed by atoms with Crippen molar-refractivity contribution in [2.45, 2.75) is 20.0 Å². The largest absolute Gasteiger partial charge is 0.489 e. The first-order valence-corrected chi connectivity index (χ1v) is 10.8. The summed E-state index contributed by atoms with van der Waals surface area (Å²) in [7, 11) is 3.13. The molecule has 0 saturated heterocycles. The van der Waals surface area contributed by atoms with E-state index in [4.69, 9.17) is 14.2 Å². The number of halogens is 1. The number of ether oxygens (including phenoxy) is 3. The van der Waals surface area contributed by atoms with Crippen LogP contribution in [0.1, 0.15) is 19.4 Å². The van der Waals surface area contributed by atoms with Gasteiger partial charge in [-0.2, -0.15) is 0 Å². The minimum atomic E-state index is -0.499. The highest BCUT2D eigenvalue weighted by atomic mass is 19.1. The first-order valence-electron chi connectivity index (χ1n) is 10.8. The van der Waals surface area contributed by atoms with E-state index in [1.807, 2.05) is 13.8 Å². The zero-order chi connectivity index (χ0) is 24.0. The Morgan fingerprint density at radius 3 is 2.09 bits per heavy atom. The lowest BCUT2D eigenvalue weighted by molar-refractivity contribution is -0.120. The number of benzene rings is 2. The van der Waals surface area contributed by atoms with E-state index >= 15 is 0 Å². The molecular weight excluding hydrogens is 427 g/mol. The van der Waals surface area contributed by atoms with Crippen molar-refractivity contribution >= 4 is 23.1 Å². The van der Waals surface area contributed by atoms with Crippen LogP contribution < -0.4 is 9.64 Å². The van der Waals surface area contributed by atoms with Gasteiger partial charge in [0.05, 0.1) is 30.6 Å². The van der Waals surface area contributed by atoms with Crippen LogP contribution in [0, 0.1) is 5.82 Å². The summed E-state index contributed by atoms with van der Waals surface area (Å²) in [6.07, 6.45) is -0.150. The molecule has 0 spiro atoms. The Kier molecular flexibility index (Phi) is 8.19. The van der Waals surface area contributed by atoms with Crippen LogP contribution >= 0.6 is 0 Å². The number of carbonyl (C=O) groups is 2. The van der Waals surface area contributed by atoms with Crippen molar-refractivity contribution in [2.24, 2.45) is 0 Å². The van der Waals surface area contributed by atoms with Gasteiger partial charge in [-0.15, -0.1) is 0 Å². The molecule has 3 rings (SSSR count). The van der Waals surface area contributed by atoms with E-state index in [9.17, 15) is 14.0 Å². The summed E-state index contributed by atoms with van der Waals surface area (Å²) < 4.78 is 29.9.